The van der Waals surface area contributed by atoms with Gasteiger partial charge in [-0.15, -0.1) is 0 Å². The first kappa shape index (κ1) is 15.9. The fourth-order valence-electron chi connectivity index (χ4n) is 2.61. The monoisotopic (exact) mass is 320 g/mol. The Bertz CT molecular complexity index is 881. The number of aryl methyl sites for hydroxylation is 2. The molecule has 1 amide bonds. The minimum absolute atomic E-state index is 0.245. The van der Waals surface area contributed by atoms with E-state index in [0.717, 1.165) is 24.2 Å². The summed E-state index contributed by atoms with van der Waals surface area (Å²) in [6, 6.07) is 15.9. The maximum atomic E-state index is 12.4. The summed E-state index contributed by atoms with van der Waals surface area (Å²) in [7, 11) is 0. The molecule has 0 aliphatic rings. The third-order valence-corrected chi connectivity index (χ3v) is 3.89. The van der Waals surface area contributed by atoms with Crippen molar-refractivity contribution in [3.8, 4) is 0 Å². The number of rotatable bonds is 5. The molecule has 0 spiro atoms. The van der Waals surface area contributed by atoms with E-state index in [4.69, 9.17) is 0 Å². The molecule has 24 heavy (non-hydrogen) atoms. The van der Waals surface area contributed by atoms with Gasteiger partial charge in [0.25, 0.3) is 5.91 Å². The van der Waals surface area contributed by atoms with Crippen LogP contribution in [0.2, 0.25) is 0 Å². The van der Waals surface area contributed by atoms with E-state index in [1.54, 1.807) is 4.40 Å². The van der Waals surface area contributed by atoms with Crippen LogP contribution >= 0.6 is 0 Å². The largest absolute Gasteiger partial charge is 0.295 e. The first-order valence-electron chi connectivity index (χ1n) is 7.96. The van der Waals surface area contributed by atoms with E-state index < -0.39 is 0 Å². The molecule has 5 nitrogen and oxygen atoms in total. The number of hydrazone groups is 1. The molecule has 0 unspecified atom stereocenters. The zero-order valence-corrected chi connectivity index (χ0v) is 13.9. The number of imidazole rings is 1. The lowest BCUT2D eigenvalue weighted by Gasteiger charge is -2.04. The van der Waals surface area contributed by atoms with E-state index in [0.29, 0.717) is 11.4 Å². The summed E-state index contributed by atoms with van der Waals surface area (Å²) >= 11 is 0. The fraction of sp³-hybridized carbons (Fsp3) is 0.211. The Morgan fingerprint density at radius 3 is 2.71 bits per heavy atom. The van der Waals surface area contributed by atoms with Gasteiger partial charge in [0, 0.05) is 11.9 Å². The van der Waals surface area contributed by atoms with Crippen molar-refractivity contribution < 1.29 is 4.79 Å². The molecule has 0 aliphatic heterocycles. The maximum Gasteiger partial charge on any atom is 0.290 e. The summed E-state index contributed by atoms with van der Waals surface area (Å²) in [5.74, 6) is -0.245. The second kappa shape index (κ2) is 7.08. The Balaban J connectivity index is 1.66. The zero-order chi connectivity index (χ0) is 16.9. The molecule has 3 rings (SSSR count). The van der Waals surface area contributed by atoms with Crippen LogP contribution in [0.4, 0.5) is 0 Å². The number of carbonyl (C=O) groups is 1. The van der Waals surface area contributed by atoms with Crippen LogP contribution in [-0.4, -0.2) is 21.0 Å². The van der Waals surface area contributed by atoms with Crippen molar-refractivity contribution in [3.63, 3.8) is 0 Å². The summed E-state index contributed by atoms with van der Waals surface area (Å²) in [6.45, 7) is 3.75. The highest BCUT2D eigenvalue weighted by Crippen LogP contribution is 2.11. The number of aromatic nitrogens is 2. The van der Waals surface area contributed by atoms with Gasteiger partial charge in [-0.25, -0.2) is 10.4 Å². The number of amides is 1. The Morgan fingerprint density at radius 1 is 1.17 bits per heavy atom. The zero-order valence-electron chi connectivity index (χ0n) is 13.9. The van der Waals surface area contributed by atoms with Gasteiger partial charge in [-0.2, -0.15) is 5.10 Å². The second-order valence-corrected chi connectivity index (χ2v) is 5.75. The minimum atomic E-state index is -0.245. The van der Waals surface area contributed by atoms with Crippen LogP contribution in [0.15, 0.2) is 59.8 Å². The highest BCUT2D eigenvalue weighted by Gasteiger charge is 2.15. The van der Waals surface area contributed by atoms with Gasteiger partial charge in [0.1, 0.15) is 11.3 Å². The van der Waals surface area contributed by atoms with Crippen molar-refractivity contribution >= 4 is 17.3 Å². The Labute approximate surface area is 141 Å². The first-order valence-corrected chi connectivity index (χ1v) is 7.96. The van der Waals surface area contributed by atoms with E-state index in [2.05, 4.69) is 27.6 Å². The fourth-order valence-corrected chi connectivity index (χ4v) is 2.61. The molecule has 0 aliphatic carbocycles. The van der Waals surface area contributed by atoms with E-state index >= 15 is 0 Å². The molecule has 0 radical (unpaired) electrons. The number of hydrogen-bond acceptors (Lipinski definition) is 3. The number of carbonyl (C=O) groups excluding carboxylic acids is 1. The highest BCUT2D eigenvalue weighted by molar-refractivity contribution is 5.95. The minimum Gasteiger partial charge on any atom is -0.295 e. The van der Waals surface area contributed by atoms with Crippen molar-refractivity contribution in [2.24, 2.45) is 5.10 Å². The van der Waals surface area contributed by atoms with Gasteiger partial charge in [-0.1, -0.05) is 36.4 Å². The lowest BCUT2D eigenvalue weighted by Crippen LogP contribution is -2.21. The van der Waals surface area contributed by atoms with Gasteiger partial charge in [0.05, 0.1) is 5.69 Å². The maximum absolute atomic E-state index is 12.4. The predicted molar refractivity (Wildman–Crippen MR) is 95.3 cm³/mol. The van der Waals surface area contributed by atoms with Crippen molar-refractivity contribution in [1.82, 2.24) is 14.8 Å². The summed E-state index contributed by atoms with van der Waals surface area (Å²) < 4.78 is 1.78. The molecule has 0 bridgehead atoms. The average molecular weight is 320 g/mol. The number of hydrogen-bond donors (Lipinski definition) is 1. The van der Waals surface area contributed by atoms with E-state index in [9.17, 15) is 4.79 Å². The molecule has 5 heteroatoms. The van der Waals surface area contributed by atoms with Gasteiger partial charge < -0.3 is 0 Å². The molecule has 0 saturated carbocycles. The molecule has 3 aromatic rings. The smallest absolute Gasteiger partial charge is 0.290 e. The topological polar surface area (TPSA) is 58.8 Å². The molecule has 1 N–H and O–H groups in total. The summed E-state index contributed by atoms with van der Waals surface area (Å²) in [4.78, 5) is 16.8. The van der Waals surface area contributed by atoms with Crippen LogP contribution in [0.1, 0.15) is 35.1 Å². The van der Waals surface area contributed by atoms with Crippen LogP contribution in [0.25, 0.3) is 5.65 Å². The van der Waals surface area contributed by atoms with Crippen LogP contribution in [0.3, 0.4) is 0 Å². The Hall–Kier alpha value is -2.95. The van der Waals surface area contributed by atoms with E-state index in [1.807, 2.05) is 56.4 Å². The van der Waals surface area contributed by atoms with E-state index in [1.165, 1.54) is 5.56 Å². The number of nitrogens with one attached hydrogen (secondary N) is 1. The van der Waals surface area contributed by atoms with Crippen molar-refractivity contribution in [1.29, 1.82) is 0 Å². The molecule has 0 fully saturated rings. The van der Waals surface area contributed by atoms with E-state index in [-0.39, 0.29) is 5.91 Å². The molecule has 1 aromatic carbocycles. The van der Waals surface area contributed by atoms with Gasteiger partial charge in [0.2, 0.25) is 0 Å². The van der Waals surface area contributed by atoms with Crippen molar-refractivity contribution in [2.75, 3.05) is 0 Å². The highest BCUT2D eigenvalue weighted by atomic mass is 16.2. The van der Waals surface area contributed by atoms with Gasteiger partial charge >= 0.3 is 0 Å². The Morgan fingerprint density at radius 2 is 1.92 bits per heavy atom. The van der Waals surface area contributed by atoms with Gasteiger partial charge in [-0.3, -0.25) is 9.20 Å². The molecule has 0 saturated heterocycles. The molecule has 2 heterocycles. The molecule has 0 atom stereocenters. The average Bonchev–Trinajstić information content (AvgIpc) is 2.94. The standard InChI is InChI=1S/C19H20N4O/c1-14(11-12-16-8-4-3-5-9-16)21-22-19(24)18-15(2)20-17-10-6-7-13-23(17)18/h3-10,13H,11-12H2,1-2H3,(H,22,24)/b21-14+. The molecule has 122 valence electrons. The number of pyridine rings is 1. The van der Waals surface area contributed by atoms with Gasteiger partial charge in [-0.05, 0) is 44.4 Å². The number of benzene rings is 1. The molecular weight excluding hydrogens is 300 g/mol. The lowest BCUT2D eigenvalue weighted by atomic mass is 10.1. The summed E-state index contributed by atoms with van der Waals surface area (Å²) in [5, 5.41) is 4.22. The lowest BCUT2D eigenvalue weighted by molar-refractivity contribution is 0.0948. The van der Waals surface area contributed by atoms with Crippen LogP contribution in [-0.2, 0) is 6.42 Å². The SMILES string of the molecule is C/C(CCc1ccccc1)=N\NC(=O)c1c(C)nc2ccccn12. The number of nitrogens with zero attached hydrogens (tertiary/aromatic N) is 3. The van der Waals surface area contributed by atoms with Crippen molar-refractivity contribution in [3.05, 3.63) is 71.7 Å². The third kappa shape index (κ3) is 3.51. The van der Waals surface area contributed by atoms with Crippen LogP contribution in [0, 0.1) is 6.92 Å². The second-order valence-electron chi connectivity index (χ2n) is 5.75. The Kier molecular flexibility index (Phi) is 4.70. The van der Waals surface area contributed by atoms with Crippen LogP contribution < -0.4 is 5.43 Å². The van der Waals surface area contributed by atoms with Crippen LogP contribution in [0.5, 0.6) is 0 Å². The quantitative estimate of drug-likeness (QED) is 0.579. The summed E-state index contributed by atoms with van der Waals surface area (Å²) in [5.41, 5.74) is 6.75. The predicted octanol–water partition coefficient (Wildman–Crippen LogP) is 3.38. The third-order valence-electron chi connectivity index (χ3n) is 3.89. The van der Waals surface area contributed by atoms with Crippen molar-refractivity contribution in [2.45, 2.75) is 26.7 Å². The van der Waals surface area contributed by atoms with Gasteiger partial charge in [0.15, 0.2) is 0 Å². The molecule has 2 aromatic heterocycles. The summed E-state index contributed by atoms with van der Waals surface area (Å²) in [6.07, 6.45) is 3.54. The molecular formula is C19H20N4O. The normalized spacial score (nSPS) is 11.7. The number of fused-ring (bicyclic) bond motifs is 1. The first-order chi connectivity index (χ1) is 11.6.